The van der Waals surface area contributed by atoms with E-state index in [0.717, 1.165) is 22.6 Å². The summed E-state index contributed by atoms with van der Waals surface area (Å²) in [5.74, 6) is -0.907. The fraction of sp³-hybridized carbons (Fsp3) is 0.238. The second-order valence-electron chi connectivity index (χ2n) is 7.21. The molecule has 11 heteroatoms. The number of nitriles is 1. The number of hydrogen-bond donors (Lipinski definition) is 2. The van der Waals surface area contributed by atoms with Gasteiger partial charge in [-0.3, -0.25) is 14.5 Å². The highest BCUT2D eigenvalue weighted by Crippen LogP contribution is 2.41. The van der Waals surface area contributed by atoms with Gasteiger partial charge in [0, 0.05) is 24.2 Å². The van der Waals surface area contributed by atoms with Gasteiger partial charge in [-0.25, -0.2) is 0 Å². The Kier molecular flexibility index (Phi) is 5.36. The van der Waals surface area contributed by atoms with Gasteiger partial charge >= 0.3 is 6.18 Å². The Hall–Kier alpha value is -3.49. The Bertz CT molecular complexity index is 1190. The standard InChI is InChI=1S/C21H15F3N4O3S/c22-21(23,24)15-9-14(4-3-13(15)10-25)27-19(31)17-7-11-1-2-12(18(30)26-5-6-29)8-16(11)28(17)20(27)32/h1-4,8-9,17,29H,5-7H2,(H,26,30). The number of fused-ring (bicyclic) bond motifs is 3. The highest BCUT2D eigenvalue weighted by molar-refractivity contribution is 7.81. The maximum atomic E-state index is 13.4. The monoisotopic (exact) mass is 460 g/mol. The molecule has 2 aliphatic heterocycles. The van der Waals surface area contributed by atoms with E-state index >= 15 is 0 Å². The lowest BCUT2D eigenvalue weighted by Gasteiger charge is -2.21. The second-order valence-corrected chi connectivity index (χ2v) is 7.57. The van der Waals surface area contributed by atoms with Gasteiger partial charge in [0.1, 0.15) is 6.04 Å². The minimum atomic E-state index is -4.77. The smallest absolute Gasteiger partial charge is 0.395 e. The summed E-state index contributed by atoms with van der Waals surface area (Å²) >= 11 is 5.44. The van der Waals surface area contributed by atoms with E-state index in [2.05, 4.69) is 5.32 Å². The molecule has 7 nitrogen and oxygen atoms in total. The van der Waals surface area contributed by atoms with Crippen LogP contribution in [0.25, 0.3) is 0 Å². The zero-order valence-electron chi connectivity index (χ0n) is 16.3. The number of rotatable bonds is 4. The molecule has 2 aliphatic rings. The van der Waals surface area contributed by atoms with Gasteiger partial charge in [-0.15, -0.1) is 0 Å². The molecular weight excluding hydrogens is 445 g/mol. The molecular formula is C21H15F3N4O3S. The maximum absolute atomic E-state index is 13.4. The van der Waals surface area contributed by atoms with Crippen molar-refractivity contribution in [2.45, 2.75) is 18.6 Å². The van der Waals surface area contributed by atoms with Crippen LogP contribution in [0.2, 0.25) is 0 Å². The zero-order chi connectivity index (χ0) is 23.2. The molecule has 2 amide bonds. The molecule has 1 fully saturated rings. The molecule has 0 radical (unpaired) electrons. The Labute approximate surface area is 185 Å². The third-order valence-electron chi connectivity index (χ3n) is 5.32. The number of thiocarbonyl (C=S) groups is 1. The summed E-state index contributed by atoms with van der Waals surface area (Å²) in [6.07, 6.45) is -4.49. The lowest BCUT2D eigenvalue weighted by molar-refractivity contribution is -0.137. The Morgan fingerprint density at radius 1 is 1.28 bits per heavy atom. The lowest BCUT2D eigenvalue weighted by Crippen LogP contribution is -2.33. The van der Waals surface area contributed by atoms with Crippen LogP contribution < -0.4 is 15.1 Å². The highest BCUT2D eigenvalue weighted by atomic mass is 32.1. The van der Waals surface area contributed by atoms with E-state index in [1.807, 2.05) is 0 Å². The van der Waals surface area contributed by atoms with Crippen LogP contribution in [-0.2, 0) is 17.4 Å². The second kappa shape index (κ2) is 7.89. The molecule has 1 unspecified atom stereocenters. The average molecular weight is 460 g/mol. The number of hydrogen-bond acceptors (Lipinski definition) is 5. The fourth-order valence-electron chi connectivity index (χ4n) is 3.87. The average Bonchev–Trinajstić information content (AvgIpc) is 3.26. The molecule has 0 spiro atoms. The largest absolute Gasteiger partial charge is 0.417 e. The molecule has 2 N–H and O–H groups in total. The van der Waals surface area contributed by atoms with Crippen molar-refractivity contribution >= 4 is 40.5 Å². The van der Waals surface area contributed by atoms with Crippen LogP contribution in [0.5, 0.6) is 0 Å². The number of halogens is 3. The first-order valence-corrected chi connectivity index (χ1v) is 9.88. The summed E-state index contributed by atoms with van der Waals surface area (Å²) in [6, 6.07) is 8.62. The molecule has 0 bridgehead atoms. The molecule has 32 heavy (non-hydrogen) atoms. The van der Waals surface area contributed by atoms with Gasteiger partial charge in [0.2, 0.25) is 0 Å². The van der Waals surface area contributed by atoms with Crippen molar-refractivity contribution in [1.82, 2.24) is 5.32 Å². The quantitative estimate of drug-likeness (QED) is 0.681. The van der Waals surface area contributed by atoms with Gasteiger partial charge < -0.3 is 15.3 Å². The molecule has 1 saturated heterocycles. The van der Waals surface area contributed by atoms with Crippen molar-refractivity contribution < 1.29 is 27.9 Å². The highest BCUT2D eigenvalue weighted by Gasteiger charge is 2.49. The number of aliphatic hydroxyl groups is 1. The fourth-order valence-corrected chi connectivity index (χ4v) is 4.29. The minimum Gasteiger partial charge on any atom is -0.395 e. The van der Waals surface area contributed by atoms with Gasteiger partial charge in [-0.2, -0.15) is 18.4 Å². The molecule has 2 aromatic rings. The summed E-state index contributed by atoms with van der Waals surface area (Å²) in [5.41, 5.74) is -0.188. The third kappa shape index (κ3) is 3.47. The Morgan fingerprint density at radius 3 is 2.69 bits per heavy atom. The number of benzene rings is 2. The zero-order valence-corrected chi connectivity index (χ0v) is 17.1. The molecule has 4 rings (SSSR count). The van der Waals surface area contributed by atoms with Gasteiger partial charge in [0.05, 0.1) is 29.5 Å². The van der Waals surface area contributed by atoms with Crippen molar-refractivity contribution in [2.24, 2.45) is 0 Å². The molecule has 0 aromatic heterocycles. The Balaban J connectivity index is 1.70. The minimum absolute atomic E-state index is 0.00972. The van der Waals surface area contributed by atoms with E-state index in [1.54, 1.807) is 18.2 Å². The molecule has 1 atom stereocenters. The first-order valence-electron chi connectivity index (χ1n) is 9.48. The van der Waals surface area contributed by atoms with Gasteiger partial charge in [-0.05, 0) is 48.1 Å². The van der Waals surface area contributed by atoms with E-state index in [-0.39, 0.29) is 30.4 Å². The van der Waals surface area contributed by atoms with E-state index < -0.39 is 35.2 Å². The van der Waals surface area contributed by atoms with Crippen LogP contribution in [0.4, 0.5) is 24.5 Å². The normalized spacial score (nSPS) is 17.3. The third-order valence-corrected chi connectivity index (χ3v) is 5.70. The Morgan fingerprint density at radius 2 is 2.03 bits per heavy atom. The van der Waals surface area contributed by atoms with Crippen molar-refractivity contribution in [3.05, 3.63) is 58.7 Å². The van der Waals surface area contributed by atoms with Crippen molar-refractivity contribution in [3.63, 3.8) is 0 Å². The van der Waals surface area contributed by atoms with E-state index in [0.29, 0.717) is 11.3 Å². The SMILES string of the molecule is N#Cc1ccc(N2C(=O)C3Cc4ccc(C(=O)NCCO)cc4N3C2=S)cc1C(F)(F)F. The van der Waals surface area contributed by atoms with Crippen molar-refractivity contribution in [3.8, 4) is 6.07 Å². The lowest BCUT2D eigenvalue weighted by atomic mass is 10.0. The summed E-state index contributed by atoms with van der Waals surface area (Å²) < 4.78 is 40.1. The van der Waals surface area contributed by atoms with Gasteiger partial charge in [-0.1, -0.05) is 6.07 Å². The molecule has 2 aromatic carbocycles. The topological polar surface area (TPSA) is 96.7 Å². The van der Waals surface area contributed by atoms with Crippen LogP contribution in [0.1, 0.15) is 27.0 Å². The number of nitrogens with zero attached hydrogens (tertiary/aromatic N) is 3. The van der Waals surface area contributed by atoms with Crippen molar-refractivity contribution in [2.75, 3.05) is 23.0 Å². The number of nitrogens with one attached hydrogen (secondary N) is 1. The van der Waals surface area contributed by atoms with Crippen LogP contribution in [0.3, 0.4) is 0 Å². The first-order chi connectivity index (χ1) is 15.2. The van der Waals surface area contributed by atoms with Gasteiger partial charge in [0.15, 0.2) is 5.11 Å². The van der Waals surface area contributed by atoms with E-state index in [4.69, 9.17) is 22.6 Å². The number of alkyl halides is 3. The van der Waals surface area contributed by atoms with Crippen LogP contribution in [0, 0.1) is 11.3 Å². The number of aliphatic hydroxyl groups excluding tert-OH is 1. The van der Waals surface area contributed by atoms with Gasteiger partial charge in [0.25, 0.3) is 11.8 Å². The van der Waals surface area contributed by atoms with E-state index in [9.17, 15) is 22.8 Å². The molecule has 2 heterocycles. The number of carbonyl (C=O) groups is 2. The predicted molar refractivity (Wildman–Crippen MR) is 112 cm³/mol. The van der Waals surface area contributed by atoms with Crippen molar-refractivity contribution in [1.29, 1.82) is 5.26 Å². The summed E-state index contributed by atoms with van der Waals surface area (Å²) in [4.78, 5) is 27.9. The first kappa shape index (κ1) is 21.7. The summed E-state index contributed by atoms with van der Waals surface area (Å²) in [7, 11) is 0. The number of carbonyl (C=O) groups excluding carboxylic acids is 2. The molecule has 0 aliphatic carbocycles. The summed E-state index contributed by atoms with van der Waals surface area (Å²) in [6.45, 7) is -0.143. The number of amides is 2. The number of anilines is 2. The van der Waals surface area contributed by atoms with Crippen LogP contribution in [0.15, 0.2) is 36.4 Å². The molecule has 164 valence electrons. The van der Waals surface area contributed by atoms with Crippen LogP contribution in [-0.4, -0.2) is 41.2 Å². The summed E-state index contributed by atoms with van der Waals surface area (Å²) in [5, 5.41) is 20.4. The van der Waals surface area contributed by atoms with Crippen LogP contribution >= 0.6 is 12.2 Å². The predicted octanol–water partition coefficient (Wildman–Crippen LogP) is 2.36. The molecule has 0 saturated carbocycles. The van der Waals surface area contributed by atoms with E-state index in [1.165, 1.54) is 17.0 Å². The maximum Gasteiger partial charge on any atom is 0.417 e.